The van der Waals surface area contributed by atoms with Crippen LogP contribution in [0.15, 0.2) is 35.5 Å². The second-order valence-electron chi connectivity index (χ2n) is 8.33. The van der Waals surface area contributed by atoms with E-state index in [0.29, 0.717) is 23.5 Å². The smallest absolute Gasteiger partial charge is 0.178 e. The highest BCUT2D eigenvalue weighted by molar-refractivity contribution is 6.02. The van der Waals surface area contributed by atoms with Gasteiger partial charge in [0.25, 0.3) is 0 Å². The van der Waals surface area contributed by atoms with E-state index in [4.69, 9.17) is 0 Å². The third kappa shape index (κ3) is 1.87. The first-order valence-corrected chi connectivity index (χ1v) is 9.10. The average molecular weight is 310 g/mol. The third-order valence-corrected chi connectivity index (χ3v) is 7.39. The molecule has 0 N–H and O–H groups in total. The summed E-state index contributed by atoms with van der Waals surface area (Å²) in [4.78, 5) is 24.4. The van der Waals surface area contributed by atoms with Gasteiger partial charge in [0.1, 0.15) is 5.78 Å². The van der Waals surface area contributed by atoms with Crippen LogP contribution in [0, 0.1) is 28.6 Å². The van der Waals surface area contributed by atoms with Gasteiger partial charge in [-0.15, -0.1) is 0 Å². The quantitative estimate of drug-likeness (QED) is 0.718. The van der Waals surface area contributed by atoms with Crippen LogP contribution in [0.2, 0.25) is 0 Å². The van der Waals surface area contributed by atoms with Gasteiger partial charge in [0.15, 0.2) is 5.78 Å². The molecule has 122 valence electrons. The summed E-state index contributed by atoms with van der Waals surface area (Å²) in [6, 6.07) is 0. The standard InChI is InChI=1S/C21H26O2/c1-4-13-11-15-16-5-6-19(23)21(16,3)10-8-17(15)20(2)9-7-14(22)12-18(13)20/h7,9,11-12,15-17H,4-6,8,10H2,1-3H3/t15?,16?,17?,20-,21+/m1/s1. The highest BCUT2D eigenvalue weighted by Crippen LogP contribution is 2.63. The first-order chi connectivity index (χ1) is 10.9. The van der Waals surface area contributed by atoms with Crippen LogP contribution in [0.25, 0.3) is 0 Å². The summed E-state index contributed by atoms with van der Waals surface area (Å²) < 4.78 is 0. The maximum Gasteiger partial charge on any atom is 0.178 e. The summed E-state index contributed by atoms with van der Waals surface area (Å²) in [7, 11) is 0. The van der Waals surface area contributed by atoms with Crippen molar-refractivity contribution in [3.8, 4) is 0 Å². The minimum atomic E-state index is -0.109. The predicted molar refractivity (Wildman–Crippen MR) is 90.8 cm³/mol. The molecular weight excluding hydrogens is 284 g/mol. The highest BCUT2D eigenvalue weighted by atomic mass is 16.1. The van der Waals surface area contributed by atoms with Crippen LogP contribution in [-0.4, -0.2) is 11.6 Å². The van der Waals surface area contributed by atoms with E-state index in [1.807, 2.05) is 6.08 Å². The number of Topliss-reactive ketones (excluding diaryl/α,β-unsaturated/α-hetero) is 1. The minimum absolute atomic E-state index is 0.0361. The second-order valence-corrected chi connectivity index (χ2v) is 8.33. The second kappa shape index (κ2) is 4.78. The molecule has 0 heterocycles. The Hall–Kier alpha value is -1.44. The molecule has 0 spiro atoms. The summed E-state index contributed by atoms with van der Waals surface area (Å²) in [6.07, 6.45) is 13.1. The fourth-order valence-corrected chi connectivity index (χ4v) is 5.98. The van der Waals surface area contributed by atoms with E-state index in [1.165, 1.54) is 11.1 Å². The molecule has 0 bridgehead atoms. The Balaban J connectivity index is 1.85. The van der Waals surface area contributed by atoms with Gasteiger partial charge in [-0.2, -0.15) is 0 Å². The summed E-state index contributed by atoms with van der Waals surface area (Å²) in [6.45, 7) is 6.69. The Labute approximate surface area is 138 Å². The first-order valence-electron chi connectivity index (χ1n) is 9.10. The van der Waals surface area contributed by atoms with Crippen molar-refractivity contribution in [3.05, 3.63) is 35.5 Å². The van der Waals surface area contributed by atoms with E-state index in [2.05, 4.69) is 32.9 Å². The molecule has 0 radical (unpaired) electrons. The van der Waals surface area contributed by atoms with Gasteiger partial charge in [0.2, 0.25) is 0 Å². The molecule has 2 saturated carbocycles. The fraction of sp³-hybridized carbons (Fsp3) is 0.619. The van der Waals surface area contributed by atoms with E-state index in [0.717, 1.165) is 32.1 Å². The van der Waals surface area contributed by atoms with Gasteiger partial charge in [-0.05, 0) is 66.7 Å². The van der Waals surface area contributed by atoms with E-state index >= 15 is 0 Å². The van der Waals surface area contributed by atoms with Gasteiger partial charge in [-0.25, -0.2) is 0 Å². The lowest BCUT2D eigenvalue weighted by molar-refractivity contribution is -0.130. The number of fused-ring (bicyclic) bond motifs is 5. The van der Waals surface area contributed by atoms with Crippen molar-refractivity contribution >= 4 is 11.6 Å². The van der Waals surface area contributed by atoms with Gasteiger partial charge < -0.3 is 0 Å². The van der Waals surface area contributed by atoms with Gasteiger partial charge in [0, 0.05) is 17.3 Å². The summed E-state index contributed by atoms with van der Waals surface area (Å²) in [5, 5.41) is 0. The third-order valence-electron chi connectivity index (χ3n) is 7.39. The molecule has 0 amide bonds. The Morgan fingerprint density at radius 3 is 2.70 bits per heavy atom. The SMILES string of the molecule is CCC1=CC2C(CC[C@]3(C)C(=O)CCC23)[C@@]2(C)C=CC(=O)C=C12. The van der Waals surface area contributed by atoms with E-state index < -0.39 is 0 Å². The van der Waals surface area contributed by atoms with Crippen molar-refractivity contribution in [2.24, 2.45) is 28.6 Å². The molecule has 0 aromatic carbocycles. The monoisotopic (exact) mass is 310 g/mol. The van der Waals surface area contributed by atoms with Crippen LogP contribution in [0.1, 0.15) is 52.9 Å². The van der Waals surface area contributed by atoms with E-state index in [1.54, 1.807) is 6.08 Å². The molecular formula is C21H26O2. The predicted octanol–water partition coefficient (Wildman–Crippen LogP) is 4.42. The average Bonchev–Trinajstić information content (AvgIpc) is 2.83. The summed E-state index contributed by atoms with van der Waals surface area (Å²) in [5.74, 6) is 2.09. The molecule has 0 aromatic rings. The van der Waals surface area contributed by atoms with Crippen LogP contribution in [-0.2, 0) is 9.59 Å². The van der Waals surface area contributed by atoms with Crippen molar-refractivity contribution in [3.63, 3.8) is 0 Å². The van der Waals surface area contributed by atoms with Gasteiger partial charge in [-0.1, -0.05) is 32.9 Å². The number of carbonyl (C=O) groups excluding carboxylic acids is 2. The first kappa shape index (κ1) is 15.1. The van der Waals surface area contributed by atoms with Gasteiger partial charge >= 0.3 is 0 Å². The molecule has 2 fully saturated rings. The van der Waals surface area contributed by atoms with Gasteiger partial charge in [-0.3, -0.25) is 9.59 Å². The van der Waals surface area contributed by atoms with Crippen LogP contribution in [0.3, 0.4) is 0 Å². The number of rotatable bonds is 1. The number of ketones is 2. The lowest BCUT2D eigenvalue weighted by atomic mass is 9.49. The number of hydrogen-bond donors (Lipinski definition) is 0. The van der Waals surface area contributed by atoms with Crippen LogP contribution in [0.4, 0.5) is 0 Å². The van der Waals surface area contributed by atoms with Crippen molar-refractivity contribution in [2.75, 3.05) is 0 Å². The Morgan fingerprint density at radius 1 is 1.17 bits per heavy atom. The fourth-order valence-electron chi connectivity index (χ4n) is 5.98. The van der Waals surface area contributed by atoms with Crippen molar-refractivity contribution in [2.45, 2.75) is 52.9 Å². The molecule has 3 unspecified atom stereocenters. The minimum Gasteiger partial charge on any atom is -0.299 e. The molecule has 0 aliphatic heterocycles. The Bertz CT molecular complexity index is 680. The molecule has 0 aromatic heterocycles. The van der Waals surface area contributed by atoms with Crippen LogP contribution >= 0.6 is 0 Å². The van der Waals surface area contributed by atoms with Gasteiger partial charge in [0.05, 0.1) is 0 Å². The summed E-state index contributed by atoms with van der Waals surface area (Å²) >= 11 is 0. The largest absolute Gasteiger partial charge is 0.299 e. The Kier molecular flexibility index (Phi) is 3.14. The normalized spacial score (nSPS) is 45.1. The van der Waals surface area contributed by atoms with Crippen molar-refractivity contribution < 1.29 is 9.59 Å². The van der Waals surface area contributed by atoms with Crippen LogP contribution in [0.5, 0.6) is 0 Å². The zero-order chi connectivity index (χ0) is 16.4. The molecule has 0 saturated heterocycles. The maximum atomic E-state index is 12.5. The zero-order valence-electron chi connectivity index (χ0n) is 14.4. The lowest BCUT2D eigenvalue weighted by Crippen LogP contribution is -2.48. The molecule has 4 rings (SSSR count). The summed E-state index contributed by atoms with van der Waals surface area (Å²) in [5.41, 5.74) is 2.42. The number of carbonyl (C=O) groups is 2. The number of allylic oxidation sites excluding steroid dienone is 6. The van der Waals surface area contributed by atoms with E-state index in [9.17, 15) is 9.59 Å². The number of hydrogen-bond acceptors (Lipinski definition) is 2. The van der Waals surface area contributed by atoms with Crippen molar-refractivity contribution in [1.82, 2.24) is 0 Å². The molecule has 2 nitrogen and oxygen atoms in total. The highest BCUT2D eigenvalue weighted by Gasteiger charge is 2.58. The molecule has 23 heavy (non-hydrogen) atoms. The lowest BCUT2D eigenvalue weighted by Gasteiger charge is -2.54. The topological polar surface area (TPSA) is 34.1 Å². The molecule has 4 aliphatic carbocycles. The molecule has 4 aliphatic rings. The zero-order valence-corrected chi connectivity index (χ0v) is 14.4. The Morgan fingerprint density at radius 2 is 1.96 bits per heavy atom. The van der Waals surface area contributed by atoms with Crippen molar-refractivity contribution in [1.29, 1.82) is 0 Å². The molecule has 5 atom stereocenters. The van der Waals surface area contributed by atoms with E-state index in [-0.39, 0.29) is 16.6 Å². The van der Waals surface area contributed by atoms with Crippen LogP contribution < -0.4 is 0 Å². The molecule has 2 heteroatoms. The maximum absolute atomic E-state index is 12.5.